The van der Waals surface area contributed by atoms with Gasteiger partial charge >= 0.3 is 0 Å². The highest BCUT2D eigenvalue weighted by atomic mass is 19.1. The highest BCUT2D eigenvalue weighted by Crippen LogP contribution is 2.45. The molecule has 3 fully saturated rings. The first kappa shape index (κ1) is 21.2. The van der Waals surface area contributed by atoms with Crippen LogP contribution in [0.15, 0.2) is 12.1 Å². The molecule has 6 nitrogen and oxygen atoms in total. The van der Waals surface area contributed by atoms with Crippen LogP contribution in [0.5, 0.6) is 0 Å². The van der Waals surface area contributed by atoms with Crippen molar-refractivity contribution in [3.05, 3.63) is 29.1 Å². The SMILES string of the molecule is Cc1ccc(F)c2c1NC(C(=O)NC1CN(C3CCN(C)CC3)CN1)(C1CCCC1)C2. The predicted octanol–water partition coefficient (Wildman–Crippen LogP) is 2.43. The number of rotatable bonds is 4. The zero-order chi connectivity index (χ0) is 21.6. The molecule has 5 rings (SSSR count). The molecule has 3 heterocycles. The molecule has 0 spiro atoms. The molecule has 4 aliphatic rings. The van der Waals surface area contributed by atoms with Gasteiger partial charge in [0.2, 0.25) is 5.91 Å². The summed E-state index contributed by atoms with van der Waals surface area (Å²) in [6.07, 6.45) is 7.08. The third-order valence-corrected chi connectivity index (χ3v) is 8.19. The first-order valence-electron chi connectivity index (χ1n) is 12.0. The molecule has 2 unspecified atom stereocenters. The number of nitrogens with one attached hydrogen (secondary N) is 3. The lowest BCUT2D eigenvalue weighted by molar-refractivity contribution is -0.127. The van der Waals surface area contributed by atoms with E-state index in [4.69, 9.17) is 0 Å². The van der Waals surface area contributed by atoms with Crippen molar-refractivity contribution in [2.24, 2.45) is 5.92 Å². The number of likely N-dealkylation sites (tertiary alicyclic amines) is 1. The van der Waals surface area contributed by atoms with E-state index in [-0.39, 0.29) is 23.8 Å². The van der Waals surface area contributed by atoms with Crippen molar-refractivity contribution in [2.45, 2.75) is 69.6 Å². The Morgan fingerprint density at radius 3 is 2.65 bits per heavy atom. The largest absolute Gasteiger partial charge is 0.370 e. The maximum Gasteiger partial charge on any atom is 0.247 e. The Kier molecular flexibility index (Phi) is 5.69. The van der Waals surface area contributed by atoms with Gasteiger partial charge in [0.05, 0.1) is 12.8 Å². The van der Waals surface area contributed by atoms with Crippen molar-refractivity contribution in [1.29, 1.82) is 0 Å². The van der Waals surface area contributed by atoms with E-state index in [2.05, 4.69) is 32.8 Å². The molecule has 2 atom stereocenters. The van der Waals surface area contributed by atoms with E-state index in [1.165, 1.54) is 18.9 Å². The molecule has 1 aliphatic carbocycles. The van der Waals surface area contributed by atoms with Crippen LogP contribution in [-0.4, -0.2) is 66.8 Å². The van der Waals surface area contributed by atoms with Crippen LogP contribution in [0, 0.1) is 18.7 Å². The molecule has 1 aromatic rings. The van der Waals surface area contributed by atoms with Crippen LogP contribution in [0.2, 0.25) is 0 Å². The molecule has 1 saturated carbocycles. The first-order chi connectivity index (χ1) is 15.0. The molecular weight excluding hydrogens is 393 g/mol. The number of halogens is 1. The van der Waals surface area contributed by atoms with Crippen molar-refractivity contribution in [2.75, 3.05) is 38.7 Å². The van der Waals surface area contributed by atoms with Gasteiger partial charge in [-0.3, -0.25) is 15.0 Å². The predicted molar refractivity (Wildman–Crippen MR) is 120 cm³/mol. The van der Waals surface area contributed by atoms with Crippen molar-refractivity contribution in [3.63, 3.8) is 0 Å². The number of aryl methyl sites for hydroxylation is 1. The van der Waals surface area contributed by atoms with Gasteiger partial charge in [-0.1, -0.05) is 18.9 Å². The molecule has 3 N–H and O–H groups in total. The van der Waals surface area contributed by atoms with E-state index in [1.54, 1.807) is 0 Å². The van der Waals surface area contributed by atoms with Gasteiger partial charge in [-0.15, -0.1) is 0 Å². The summed E-state index contributed by atoms with van der Waals surface area (Å²) < 4.78 is 14.7. The van der Waals surface area contributed by atoms with Crippen molar-refractivity contribution < 1.29 is 9.18 Å². The van der Waals surface area contributed by atoms with Crippen LogP contribution in [0.25, 0.3) is 0 Å². The number of carbonyl (C=O) groups is 1. The lowest BCUT2D eigenvalue weighted by atomic mass is 9.79. The summed E-state index contributed by atoms with van der Waals surface area (Å²) in [5, 5.41) is 10.4. The van der Waals surface area contributed by atoms with Crippen LogP contribution in [0.3, 0.4) is 0 Å². The summed E-state index contributed by atoms with van der Waals surface area (Å²) in [5.74, 6) is 0.0652. The van der Waals surface area contributed by atoms with Gasteiger partial charge in [0.15, 0.2) is 0 Å². The van der Waals surface area contributed by atoms with Gasteiger partial charge in [0, 0.05) is 30.3 Å². The van der Waals surface area contributed by atoms with Gasteiger partial charge < -0.3 is 15.5 Å². The Morgan fingerprint density at radius 1 is 1.19 bits per heavy atom. The third-order valence-electron chi connectivity index (χ3n) is 8.19. The molecule has 170 valence electrons. The summed E-state index contributed by atoms with van der Waals surface area (Å²) in [6.45, 7) is 5.91. The van der Waals surface area contributed by atoms with Crippen LogP contribution < -0.4 is 16.0 Å². The van der Waals surface area contributed by atoms with Crippen LogP contribution in [-0.2, 0) is 11.2 Å². The average molecular weight is 430 g/mol. The topological polar surface area (TPSA) is 59.6 Å². The van der Waals surface area contributed by atoms with Gasteiger partial charge in [-0.2, -0.15) is 0 Å². The van der Waals surface area contributed by atoms with Gasteiger partial charge in [-0.05, 0) is 70.3 Å². The Balaban J connectivity index is 1.30. The zero-order valence-corrected chi connectivity index (χ0v) is 18.8. The normalized spacial score (nSPS) is 30.5. The van der Waals surface area contributed by atoms with E-state index in [0.717, 1.165) is 63.2 Å². The van der Waals surface area contributed by atoms with E-state index < -0.39 is 5.54 Å². The molecular formula is C24H36FN5O. The Bertz CT molecular complexity index is 801. The number of amides is 1. The van der Waals surface area contributed by atoms with Gasteiger partial charge in [0.1, 0.15) is 11.4 Å². The Labute approximate surface area is 184 Å². The number of fused-ring (bicyclic) bond motifs is 1. The fourth-order valence-electron chi connectivity index (χ4n) is 6.23. The smallest absolute Gasteiger partial charge is 0.247 e. The average Bonchev–Trinajstić information content (AvgIpc) is 3.51. The Morgan fingerprint density at radius 2 is 1.94 bits per heavy atom. The van der Waals surface area contributed by atoms with E-state index in [9.17, 15) is 9.18 Å². The van der Waals surface area contributed by atoms with E-state index in [0.29, 0.717) is 18.0 Å². The minimum atomic E-state index is -0.742. The van der Waals surface area contributed by atoms with Crippen molar-refractivity contribution in [3.8, 4) is 0 Å². The quantitative estimate of drug-likeness (QED) is 0.686. The monoisotopic (exact) mass is 429 g/mol. The summed E-state index contributed by atoms with van der Waals surface area (Å²) in [7, 11) is 2.18. The third kappa shape index (κ3) is 3.85. The lowest BCUT2D eigenvalue weighted by Gasteiger charge is -2.36. The minimum absolute atomic E-state index is 0.0251. The second-order valence-corrected chi connectivity index (χ2v) is 10.2. The number of carbonyl (C=O) groups excluding carboxylic acids is 1. The summed E-state index contributed by atoms with van der Waals surface area (Å²) >= 11 is 0. The molecule has 0 radical (unpaired) electrons. The maximum atomic E-state index is 14.7. The standard InChI is InChI=1S/C24H36FN5O/c1-16-7-8-20(25)19-13-24(28-22(16)19,17-5-3-4-6-17)23(31)27-21-14-30(15-26-21)18-9-11-29(2)12-10-18/h7-8,17-18,21,26,28H,3-6,9-15H2,1-2H3,(H,27,31). The number of hydrogen-bond donors (Lipinski definition) is 3. The fourth-order valence-corrected chi connectivity index (χ4v) is 6.23. The molecule has 1 aromatic carbocycles. The number of benzene rings is 1. The van der Waals surface area contributed by atoms with Gasteiger partial charge in [-0.25, -0.2) is 4.39 Å². The number of hydrogen-bond acceptors (Lipinski definition) is 5. The highest BCUT2D eigenvalue weighted by Gasteiger charge is 2.52. The van der Waals surface area contributed by atoms with Crippen LogP contribution in [0.4, 0.5) is 10.1 Å². The van der Waals surface area contributed by atoms with Crippen LogP contribution in [0.1, 0.15) is 49.7 Å². The number of anilines is 1. The molecule has 2 saturated heterocycles. The summed E-state index contributed by atoms with van der Waals surface area (Å²) in [5.41, 5.74) is 1.77. The van der Waals surface area contributed by atoms with E-state index in [1.807, 2.05) is 13.0 Å². The number of nitrogens with zero attached hydrogens (tertiary/aromatic N) is 2. The molecule has 1 amide bonds. The van der Waals surface area contributed by atoms with Crippen LogP contribution >= 0.6 is 0 Å². The molecule has 7 heteroatoms. The van der Waals surface area contributed by atoms with Gasteiger partial charge in [0.25, 0.3) is 0 Å². The lowest BCUT2D eigenvalue weighted by Crippen LogP contribution is -2.60. The molecule has 31 heavy (non-hydrogen) atoms. The second-order valence-electron chi connectivity index (χ2n) is 10.2. The number of piperidine rings is 1. The highest BCUT2D eigenvalue weighted by molar-refractivity contribution is 5.93. The van der Waals surface area contributed by atoms with Crippen molar-refractivity contribution in [1.82, 2.24) is 20.4 Å². The van der Waals surface area contributed by atoms with Crippen molar-refractivity contribution >= 4 is 11.6 Å². The van der Waals surface area contributed by atoms with E-state index >= 15 is 0 Å². The summed E-state index contributed by atoms with van der Waals surface area (Å²) in [4.78, 5) is 18.6. The summed E-state index contributed by atoms with van der Waals surface area (Å²) in [6, 6.07) is 3.93. The maximum absolute atomic E-state index is 14.7. The molecule has 0 bridgehead atoms. The minimum Gasteiger partial charge on any atom is -0.370 e. The molecule has 3 aliphatic heterocycles. The Hall–Kier alpha value is -1.70. The fraction of sp³-hybridized carbons (Fsp3) is 0.708. The zero-order valence-electron chi connectivity index (χ0n) is 18.8. The second kappa shape index (κ2) is 8.34. The molecule has 0 aromatic heterocycles. The first-order valence-corrected chi connectivity index (χ1v) is 12.0.